The third-order valence-corrected chi connectivity index (χ3v) is 10.3. The molecule has 0 rings (SSSR count). The third-order valence-electron chi connectivity index (χ3n) is 10.3. The van der Waals surface area contributed by atoms with E-state index in [0.29, 0.717) is 19.3 Å². The quantitative estimate of drug-likeness (QED) is 0.0201. The van der Waals surface area contributed by atoms with E-state index < -0.39 is 6.10 Å². The Hall–Kier alpha value is -2.63. The van der Waals surface area contributed by atoms with Crippen molar-refractivity contribution < 1.29 is 28.6 Å². The molecule has 0 aromatic rings. The van der Waals surface area contributed by atoms with Crippen LogP contribution in [0.25, 0.3) is 0 Å². The fourth-order valence-corrected chi connectivity index (χ4v) is 6.69. The van der Waals surface area contributed by atoms with E-state index in [-0.39, 0.29) is 31.1 Å². The Morgan fingerprint density at radius 2 is 0.754 bits per heavy atom. The smallest absolute Gasteiger partial charge is 0.306 e. The monoisotopic (exact) mass is 799 g/mol. The van der Waals surface area contributed by atoms with E-state index in [1.807, 2.05) is 0 Å². The van der Waals surface area contributed by atoms with Crippen LogP contribution >= 0.6 is 0 Å². The fraction of sp³-hybridized carbons (Fsp3) is 0.784. The first-order chi connectivity index (χ1) is 28.0. The molecule has 0 radical (unpaired) electrons. The molecule has 0 aliphatic carbocycles. The van der Waals surface area contributed by atoms with Gasteiger partial charge in [-0.25, -0.2) is 0 Å². The average molecular weight is 799 g/mol. The number of esters is 3. The fourth-order valence-electron chi connectivity index (χ4n) is 6.69. The predicted octanol–water partition coefficient (Wildman–Crippen LogP) is 15.5. The number of unbranched alkanes of at least 4 members (excludes halogenated alkanes) is 25. The van der Waals surface area contributed by atoms with Gasteiger partial charge in [0, 0.05) is 19.3 Å². The molecule has 0 aromatic carbocycles. The molecule has 57 heavy (non-hydrogen) atoms. The molecule has 330 valence electrons. The summed E-state index contributed by atoms with van der Waals surface area (Å²) in [6.07, 6.45) is 53.8. The number of allylic oxidation sites excluding steroid dienone is 8. The molecule has 0 fully saturated rings. The Balaban J connectivity index is 4.37. The van der Waals surface area contributed by atoms with Crippen molar-refractivity contribution in [3.63, 3.8) is 0 Å². The molecule has 0 spiro atoms. The van der Waals surface area contributed by atoms with Crippen molar-refractivity contribution in [1.82, 2.24) is 0 Å². The SMILES string of the molecule is CC/C=C\C/C=C\CCCCCCCC(=O)OC(COC(=O)CCCCC/C=C\C=C/CCCC)COC(=O)CCCCCCCCCCCCCCCCCC. The van der Waals surface area contributed by atoms with Gasteiger partial charge in [-0.05, 0) is 64.2 Å². The summed E-state index contributed by atoms with van der Waals surface area (Å²) >= 11 is 0. The molecule has 0 bridgehead atoms. The van der Waals surface area contributed by atoms with Crippen molar-refractivity contribution in [2.24, 2.45) is 0 Å². The van der Waals surface area contributed by atoms with E-state index in [9.17, 15) is 14.4 Å². The minimum Gasteiger partial charge on any atom is -0.462 e. The van der Waals surface area contributed by atoms with E-state index in [2.05, 4.69) is 69.4 Å². The maximum absolute atomic E-state index is 12.7. The number of rotatable bonds is 43. The van der Waals surface area contributed by atoms with Gasteiger partial charge >= 0.3 is 17.9 Å². The number of carbonyl (C=O) groups excluding carboxylic acids is 3. The van der Waals surface area contributed by atoms with E-state index >= 15 is 0 Å². The maximum Gasteiger partial charge on any atom is 0.306 e. The summed E-state index contributed by atoms with van der Waals surface area (Å²) in [6, 6.07) is 0. The molecular formula is C51H90O6. The van der Waals surface area contributed by atoms with E-state index in [0.717, 1.165) is 103 Å². The summed E-state index contributed by atoms with van der Waals surface area (Å²) in [5, 5.41) is 0. The standard InChI is InChI=1S/C51H90O6/c1-4-7-10-13-16-19-22-24-25-26-27-30-32-35-38-41-44-50(53)56-47-48(46-55-49(52)43-40-37-34-31-28-21-18-15-12-9-6-3)57-51(54)45-42-39-36-33-29-23-20-17-14-11-8-5-2/h8,11,15,17-18,20-21,28,48H,4-7,9-10,12-14,16,19,22-27,29-47H2,1-3H3/b11-8-,18-15-,20-17-,28-21-. The highest BCUT2D eigenvalue weighted by molar-refractivity contribution is 5.71. The zero-order valence-corrected chi connectivity index (χ0v) is 37.6. The summed E-state index contributed by atoms with van der Waals surface area (Å²) in [5.41, 5.74) is 0. The minimum atomic E-state index is -0.786. The van der Waals surface area contributed by atoms with Gasteiger partial charge in [-0.15, -0.1) is 0 Å². The molecule has 6 nitrogen and oxygen atoms in total. The van der Waals surface area contributed by atoms with Gasteiger partial charge in [0.2, 0.25) is 0 Å². The highest BCUT2D eigenvalue weighted by Gasteiger charge is 2.19. The van der Waals surface area contributed by atoms with Crippen molar-refractivity contribution in [2.75, 3.05) is 13.2 Å². The van der Waals surface area contributed by atoms with Gasteiger partial charge in [-0.1, -0.05) is 204 Å². The second-order valence-electron chi connectivity index (χ2n) is 16.0. The molecular weight excluding hydrogens is 709 g/mol. The summed E-state index contributed by atoms with van der Waals surface area (Å²) in [7, 11) is 0. The normalized spacial score (nSPS) is 12.4. The molecule has 0 heterocycles. The van der Waals surface area contributed by atoms with Crippen LogP contribution in [0.3, 0.4) is 0 Å². The summed E-state index contributed by atoms with van der Waals surface area (Å²) in [6.45, 7) is 6.44. The molecule has 0 aliphatic heterocycles. The Morgan fingerprint density at radius 1 is 0.386 bits per heavy atom. The van der Waals surface area contributed by atoms with E-state index in [4.69, 9.17) is 14.2 Å². The van der Waals surface area contributed by atoms with Crippen LogP contribution in [0.15, 0.2) is 48.6 Å². The highest BCUT2D eigenvalue weighted by Crippen LogP contribution is 2.15. The van der Waals surface area contributed by atoms with Gasteiger partial charge in [0.05, 0.1) is 0 Å². The van der Waals surface area contributed by atoms with Gasteiger partial charge in [-0.2, -0.15) is 0 Å². The Morgan fingerprint density at radius 3 is 1.23 bits per heavy atom. The summed E-state index contributed by atoms with van der Waals surface area (Å²) < 4.78 is 16.7. The van der Waals surface area contributed by atoms with Crippen LogP contribution in [0.2, 0.25) is 0 Å². The molecule has 0 saturated heterocycles. The van der Waals surface area contributed by atoms with E-state index in [1.165, 1.54) is 96.3 Å². The van der Waals surface area contributed by atoms with Crippen LogP contribution in [0.1, 0.15) is 239 Å². The Bertz CT molecular complexity index is 1010. The Labute approximate surface area is 352 Å². The average Bonchev–Trinajstić information content (AvgIpc) is 3.21. The lowest BCUT2D eigenvalue weighted by Gasteiger charge is -2.18. The zero-order chi connectivity index (χ0) is 41.5. The molecule has 0 saturated carbocycles. The highest BCUT2D eigenvalue weighted by atomic mass is 16.6. The van der Waals surface area contributed by atoms with Gasteiger partial charge in [0.25, 0.3) is 0 Å². The topological polar surface area (TPSA) is 78.9 Å². The van der Waals surface area contributed by atoms with Crippen molar-refractivity contribution in [3.8, 4) is 0 Å². The lowest BCUT2D eigenvalue weighted by molar-refractivity contribution is -0.167. The minimum absolute atomic E-state index is 0.0856. The molecule has 0 aromatic heterocycles. The summed E-state index contributed by atoms with van der Waals surface area (Å²) in [5.74, 6) is -0.927. The van der Waals surface area contributed by atoms with Crippen molar-refractivity contribution in [3.05, 3.63) is 48.6 Å². The number of ether oxygens (including phenoxy) is 3. The zero-order valence-electron chi connectivity index (χ0n) is 37.6. The molecule has 0 amide bonds. The van der Waals surface area contributed by atoms with Crippen LogP contribution in [-0.4, -0.2) is 37.2 Å². The molecule has 0 aliphatic rings. The lowest BCUT2D eigenvalue weighted by Crippen LogP contribution is -2.30. The lowest BCUT2D eigenvalue weighted by atomic mass is 10.0. The van der Waals surface area contributed by atoms with Gasteiger partial charge in [0.15, 0.2) is 6.10 Å². The molecule has 0 N–H and O–H groups in total. The molecule has 6 heteroatoms. The first kappa shape index (κ1) is 54.4. The van der Waals surface area contributed by atoms with Crippen LogP contribution < -0.4 is 0 Å². The first-order valence-electron chi connectivity index (χ1n) is 24.2. The van der Waals surface area contributed by atoms with Crippen LogP contribution in [0.4, 0.5) is 0 Å². The molecule has 1 unspecified atom stereocenters. The summed E-state index contributed by atoms with van der Waals surface area (Å²) in [4.78, 5) is 37.8. The number of carbonyl (C=O) groups is 3. The van der Waals surface area contributed by atoms with Crippen LogP contribution in [0, 0.1) is 0 Å². The Kier molecular flexibility index (Phi) is 43.9. The van der Waals surface area contributed by atoms with Gasteiger partial charge in [0.1, 0.15) is 13.2 Å². The van der Waals surface area contributed by atoms with Gasteiger partial charge < -0.3 is 14.2 Å². The van der Waals surface area contributed by atoms with Crippen LogP contribution in [0.5, 0.6) is 0 Å². The predicted molar refractivity (Wildman–Crippen MR) is 242 cm³/mol. The maximum atomic E-state index is 12.7. The largest absolute Gasteiger partial charge is 0.462 e. The molecule has 1 atom stereocenters. The van der Waals surface area contributed by atoms with Crippen molar-refractivity contribution in [1.29, 1.82) is 0 Å². The second kappa shape index (κ2) is 46.1. The van der Waals surface area contributed by atoms with Crippen molar-refractivity contribution in [2.45, 2.75) is 245 Å². The van der Waals surface area contributed by atoms with Gasteiger partial charge in [-0.3, -0.25) is 14.4 Å². The second-order valence-corrected chi connectivity index (χ2v) is 16.0. The number of hydrogen-bond donors (Lipinski definition) is 0. The third kappa shape index (κ3) is 44.3. The van der Waals surface area contributed by atoms with Crippen molar-refractivity contribution >= 4 is 17.9 Å². The van der Waals surface area contributed by atoms with E-state index in [1.54, 1.807) is 0 Å². The first-order valence-corrected chi connectivity index (χ1v) is 24.2. The van der Waals surface area contributed by atoms with Crippen LogP contribution in [-0.2, 0) is 28.6 Å². The number of hydrogen-bond acceptors (Lipinski definition) is 6.